The lowest BCUT2D eigenvalue weighted by atomic mass is 9.95. The number of para-hydroxylation sites is 1. The molecular weight excluding hydrogens is 500 g/mol. The van der Waals surface area contributed by atoms with E-state index in [1.807, 2.05) is 72.6 Å². The third kappa shape index (κ3) is 4.75. The lowest BCUT2D eigenvalue weighted by molar-refractivity contribution is -0.121. The summed E-state index contributed by atoms with van der Waals surface area (Å²) in [7, 11) is 2.03. The third-order valence-corrected chi connectivity index (χ3v) is 8.07. The number of hydrogen-bond donors (Lipinski definition) is 1. The molecule has 3 heterocycles. The van der Waals surface area contributed by atoms with E-state index in [0.29, 0.717) is 12.0 Å². The van der Waals surface area contributed by atoms with Gasteiger partial charge in [-0.15, -0.1) is 0 Å². The predicted molar refractivity (Wildman–Crippen MR) is 159 cm³/mol. The molecule has 0 bridgehead atoms. The molecule has 40 heavy (non-hydrogen) atoms. The topological polar surface area (TPSA) is 66.8 Å². The molecule has 6 rings (SSSR count). The SMILES string of the molecule is CC(C)CC(C(=O)Nc1ccc(N2CCOCC2)cc1)N1C(=O)c2ccccc2C1c1cn(C)c2ccccc12. The molecule has 2 amide bonds. The number of anilines is 2. The maximum atomic E-state index is 14.0. The number of nitrogens with one attached hydrogen (secondary N) is 1. The Morgan fingerprint density at radius 1 is 0.950 bits per heavy atom. The van der Waals surface area contributed by atoms with Crippen LogP contribution in [0, 0.1) is 5.92 Å². The Balaban J connectivity index is 1.35. The Bertz CT molecular complexity index is 1540. The second kappa shape index (κ2) is 10.8. The summed E-state index contributed by atoms with van der Waals surface area (Å²) in [6.45, 7) is 7.35. The fourth-order valence-corrected chi connectivity index (χ4v) is 6.16. The summed E-state index contributed by atoms with van der Waals surface area (Å²) in [6, 6.07) is 23.0. The minimum Gasteiger partial charge on any atom is -0.378 e. The van der Waals surface area contributed by atoms with Gasteiger partial charge in [0.2, 0.25) is 5.91 Å². The summed E-state index contributed by atoms with van der Waals surface area (Å²) in [6.07, 6.45) is 2.66. The van der Waals surface area contributed by atoms with Gasteiger partial charge in [-0.2, -0.15) is 0 Å². The molecule has 4 aromatic rings. The number of ether oxygens (including phenoxy) is 1. The monoisotopic (exact) mass is 536 g/mol. The van der Waals surface area contributed by atoms with Gasteiger partial charge in [-0.3, -0.25) is 9.59 Å². The second-order valence-corrected chi connectivity index (χ2v) is 11.2. The molecule has 2 aliphatic heterocycles. The van der Waals surface area contributed by atoms with E-state index in [2.05, 4.69) is 47.0 Å². The van der Waals surface area contributed by atoms with Crippen LogP contribution in [-0.2, 0) is 16.6 Å². The van der Waals surface area contributed by atoms with Crippen molar-refractivity contribution in [3.05, 3.63) is 95.7 Å². The normalized spacial score (nSPS) is 17.9. The third-order valence-electron chi connectivity index (χ3n) is 8.07. The Morgan fingerprint density at radius 3 is 2.40 bits per heavy atom. The number of aromatic nitrogens is 1. The highest BCUT2D eigenvalue weighted by Gasteiger charge is 2.45. The molecule has 3 aromatic carbocycles. The van der Waals surface area contributed by atoms with Crippen LogP contribution in [0.3, 0.4) is 0 Å². The molecule has 0 radical (unpaired) electrons. The lowest BCUT2D eigenvalue weighted by Crippen LogP contribution is -2.47. The molecule has 0 spiro atoms. The van der Waals surface area contributed by atoms with Crippen molar-refractivity contribution in [2.24, 2.45) is 13.0 Å². The molecule has 2 atom stereocenters. The van der Waals surface area contributed by atoms with Gasteiger partial charge in [-0.1, -0.05) is 50.2 Å². The van der Waals surface area contributed by atoms with Crippen molar-refractivity contribution in [1.82, 2.24) is 9.47 Å². The zero-order chi connectivity index (χ0) is 27.8. The highest BCUT2D eigenvalue weighted by Crippen LogP contribution is 2.43. The van der Waals surface area contributed by atoms with Crippen LogP contribution < -0.4 is 10.2 Å². The van der Waals surface area contributed by atoms with Gasteiger partial charge >= 0.3 is 0 Å². The van der Waals surface area contributed by atoms with Gasteiger partial charge in [0.15, 0.2) is 0 Å². The molecule has 1 saturated heterocycles. The van der Waals surface area contributed by atoms with Crippen LogP contribution in [0.1, 0.15) is 47.8 Å². The number of rotatable bonds is 7. The van der Waals surface area contributed by atoms with Gasteiger partial charge < -0.3 is 24.4 Å². The number of nitrogens with zero attached hydrogens (tertiary/aromatic N) is 3. The molecule has 2 unspecified atom stereocenters. The minimum absolute atomic E-state index is 0.100. The highest BCUT2D eigenvalue weighted by molar-refractivity contribution is 6.05. The molecule has 1 N–H and O–H groups in total. The van der Waals surface area contributed by atoms with Crippen LogP contribution in [0.25, 0.3) is 10.9 Å². The van der Waals surface area contributed by atoms with Crippen LogP contribution >= 0.6 is 0 Å². The number of carbonyl (C=O) groups is 2. The van der Waals surface area contributed by atoms with Crippen LogP contribution in [0.15, 0.2) is 79.0 Å². The summed E-state index contributed by atoms with van der Waals surface area (Å²) in [5.74, 6) is -0.0552. The first kappa shape index (κ1) is 26.1. The van der Waals surface area contributed by atoms with E-state index in [1.165, 1.54) is 0 Å². The number of hydrogen-bond acceptors (Lipinski definition) is 4. The van der Waals surface area contributed by atoms with Gasteiger partial charge in [-0.05, 0) is 54.3 Å². The average Bonchev–Trinajstić information content (AvgIpc) is 3.46. The Labute approximate surface area is 235 Å². The number of fused-ring (bicyclic) bond motifs is 2. The molecule has 1 fully saturated rings. The van der Waals surface area contributed by atoms with E-state index in [4.69, 9.17) is 4.74 Å². The average molecular weight is 537 g/mol. The largest absolute Gasteiger partial charge is 0.378 e. The maximum Gasteiger partial charge on any atom is 0.255 e. The standard InChI is InChI=1S/C33H36N4O3/c1-22(2)20-30(32(38)34-23-12-14-24(15-13-23)36-16-18-40-19-17-36)37-31(26-9-4-5-10-27(26)33(37)39)28-21-35(3)29-11-7-6-8-25(28)29/h4-15,21-22,30-31H,16-20H2,1-3H3,(H,34,38). The van der Waals surface area contributed by atoms with Gasteiger partial charge in [0.1, 0.15) is 6.04 Å². The van der Waals surface area contributed by atoms with Crippen molar-refractivity contribution >= 4 is 34.1 Å². The molecule has 2 aliphatic rings. The lowest BCUT2D eigenvalue weighted by Gasteiger charge is -2.34. The van der Waals surface area contributed by atoms with Crippen molar-refractivity contribution in [3.8, 4) is 0 Å². The van der Waals surface area contributed by atoms with Gasteiger partial charge in [0.25, 0.3) is 5.91 Å². The number of amides is 2. The Kier molecular flexibility index (Phi) is 7.07. The molecular formula is C33H36N4O3. The van der Waals surface area contributed by atoms with Crippen LogP contribution in [0.4, 0.5) is 11.4 Å². The summed E-state index contributed by atoms with van der Waals surface area (Å²) in [5, 5.41) is 4.22. The van der Waals surface area contributed by atoms with Crippen molar-refractivity contribution in [3.63, 3.8) is 0 Å². The maximum absolute atomic E-state index is 14.0. The van der Waals surface area contributed by atoms with Crippen molar-refractivity contribution < 1.29 is 14.3 Å². The van der Waals surface area contributed by atoms with Crippen molar-refractivity contribution in [1.29, 1.82) is 0 Å². The van der Waals surface area contributed by atoms with Gasteiger partial charge in [0, 0.05) is 59.7 Å². The number of carbonyl (C=O) groups excluding carboxylic acids is 2. The van der Waals surface area contributed by atoms with E-state index in [-0.39, 0.29) is 23.8 Å². The molecule has 0 aliphatic carbocycles. The first-order chi connectivity index (χ1) is 19.4. The predicted octanol–water partition coefficient (Wildman–Crippen LogP) is 5.61. The van der Waals surface area contributed by atoms with Gasteiger partial charge in [-0.25, -0.2) is 0 Å². The van der Waals surface area contributed by atoms with Crippen molar-refractivity contribution in [2.75, 3.05) is 36.5 Å². The molecule has 0 saturated carbocycles. The van der Waals surface area contributed by atoms with Crippen molar-refractivity contribution in [2.45, 2.75) is 32.4 Å². The number of benzene rings is 3. The van der Waals surface area contributed by atoms with Crippen LogP contribution in [0.5, 0.6) is 0 Å². The fraction of sp³-hybridized carbons (Fsp3) is 0.333. The minimum atomic E-state index is -0.636. The second-order valence-electron chi connectivity index (χ2n) is 11.2. The zero-order valence-electron chi connectivity index (χ0n) is 23.3. The summed E-state index contributed by atoms with van der Waals surface area (Å²) < 4.78 is 7.57. The fourth-order valence-electron chi connectivity index (χ4n) is 6.16. The Hall–Kier alpha value is -4.10. The van der Waals surface area contributed by atoms with Crippen LogP contribution in [0.2, 0.25) is 0 Å². The van der Waals surface area contributed by atoms with E-state index >= 15 is 0 Å². The molecule has 7 nitrogen and oxygen atoms in total. The van der Waals surface area contributed by atoms with Gasteiger partial charge in [0.05, 0.1) is 19.3 Å². The molecule has 206 valence electrons. The smallest absolute Gasteiger partial charge is 0.255 e. The first-order valence-corrected chi connectivity index (χ1v) is 14.1. The molecule has 7 heteroatoms. The highest BCUT2D eigenvalue weighted by atomic mass is 16.5. The number of morpholine rings is 1. The number of aryl methyl sites for hydroxylation is 1. The zero-order valence-corrected chi connectivity index (χ0v) is 23.3. The summed E-state index contributed by atoms with van der Waals surface area (Å²) in [5.41, 5.74) is 5.58. The van der Waals surface area contributed by atoms with Crippen LogP contribution in [-0.4, -0.2) is 53.6 Å². The molecule has 1 aromatic heterocycles. The van der Waals surface area contributed by atoms with E-state index < -0.39 is 6.04 Å². The summed E-state index contributed by atoms with van der Waals surface area (Å²) >= 11 is 0. The first-order valence-electron chi connectivity index (χ1n) is 14.1. The Morgan fingerprint density at radius 2 is 1.65 bits per heavy atom. The van der Waals surface area contributed by atoms with E-state index in [0.717, 1.165) is 59.7 Å². The quantitative estimate of drug-likeness (QED) is 0.333. The summed E-state index contributed by atoms with van der Waals surface area (Å²) in [4.78, 5) is 32.2. The van der Waals surface area contributed by atoms with E-state index in [9.17, 15) is 9.59 Å². The van der Waals surface area contributed by atoms with E-state index in [1.54, 1.807) is 0 Å².